The van der Waals surface area contributed by atoms with Gasteiger partial charge in [0.15, 0.2) is 6.10 Å². The number of esters is 1. The third-order valence-electron chi connectivity index (χ3n) is 3.44. The maximum atomic E-state index is 12.7. The Hall–Kier alpha value is -1.44. The third-order valence-corrected chi connectivity index (χ3v) is 5.47. The van der Waals surface area contributed by atoms with Crippen molar-refractivity contribution in [2.45, 2.75) is 24.8 Å². The number of nitrogens with zero attached hydrogens (tertiary/aromatic N) is 1. The first-order chi connectivity index (χ1) is 9.86. The molecule has 1 aliphatic rings. The van der Waals surface area contributed by atoms with Crippen molar-refractivity contribution >= 4 is 16.0 Å². The monoisotopic (exact) mass is 313 g/mol. The van der Waals surface area contributed by atoms with Crippen molar-refractivity contribution in [3.8, 4) is 0 Å². The van der Waals surface area contributed by atoms with Gasteiger partial charge in [-0.2, -0.15) is 4.31 Å². The first kappa shape index (κ1) is 15.9. The van der Waals surface area contributed by atoms with Gasteiger partial charge < -0.3 is 9.47 Å². The van der Waals surface area contributed by atoms with E-state index < -0.39 is 22.1 Å². The highest BCUT2D eigenvalue weighted by Gasteiger charge is 2.35. The summed E-state index contributed by atoms with van der Waals surface area (Å²) >= 11 is 0. The van der Waals surface area contributed by atoms with Gasteiger partial charge in [0.25, 0.3) is 0 Å². The normalized spacial score (nSPS) is 20.2. The van der Waals surface area contributed by atoms with Crippen molar-refractivity contribution in [3.63, 3.8) is 0 Å². The zero-order valence-electron chi connectivity index (χ0n) is 12.3. The number of rotatable bonds is 3. The highest BCUT2D eigenvalue weighted by Crippen LogP contribution is 2.23. The van der Waals surface area contributed by atoms with Gasteiger partial charge >= 0.3 is 5.97 Å². The predicted molar refractivity (Wildman–Crippen MR) is 76.4 cm³/mol. The third kappa shape index (κ3) is 3.25. The molecule has 1 fully saturated rings. The first-order valence-electron chi connectivity index (χ1n) is 6.63. The molecular formula is C14H19NO5S. The second-order valence-corrected chi connectivity index (χ2v) is 6.92. The maximum absolute atomic E-state index is 12.7. The average molecular weight is 313 g/mol. The Kier molecular flexibility index (Phi) is 4.65. The number of hydrogen-bond acceptors (Lipinski definition) is 5. The molecule has 0 radical (unpaired) electrons. The Morgan fingerprint density at radius 3 is 2.71 bits per heavy atom. The standard InChI is InChI=1S/C14H19NO5S/c1-10-4-5-13(11(2)8-10)21(17,18)15-6-7-20-12(9-15)14(16)19-3/h4-5,8,12H,6-7,9H2,1-3H3. The SMILES string of the molecule is COC(=O)C1CN(S(=O)(=O)c2ccc(C)cc2C)CCO1. The van der Waals surface area contributed by atoms with Gasteiger partial charge in [-0.25, -0.2) is 13.2 Å². The van der Waals surface area contributed by atoms with Gasteiger partial charge in [0.2, 0.25) is 10.0 Å². The summed E-state index contributed by atoms with van der Waals surface area (Å²) in [6.45, 7) is 4.04. The molecular weight excluding hydrogens is 294 g/mol. The summed E-state index contributed by atoms with van der Waals surface area (Å²) in [6.07, 6.45) is -0.871. The molecule has 0 spiro atoms. The largest absolute Gasteiger partial charge is 0.467 e. The van der Waals surface area contributed by atoms with Gasteiger partial charge in [-0.1, -0.05) is 17.7 Å². The van der Waals surface area contributed by atoms with Crippen LogP contribution in [0, 0.1) is 13.8 Å². The van der Waals surface area contributed by atoms with Gasteiger partial charge in [-0.3, -0.25) is 0 Å². The highest BCUT2D eigenvalue weighted by molar-refractivity contribution is 7.89. The molecule has 21 heavy (non-hydrogen) atoms. The molecule has 116 valence electrons. The molecule has 7 heteroatoms. The van der Waals surface area contributed by atoms with Crippen LogP contribution in [0.1, 0.15) is 11.1 Å². The summed E-state index contributed by atoms with van der Waals surface area (Å²) in [5.74, 6) is -0.560. The van der Waals surface area contributed by atoms with Crippen LogP contribution >= 0.6 is 0 Å². The van der Waals surface area contributed by atoms with E-state index in [1.165, 1.54) is 11.4 Å². The Morgan fingerprint density at radius 2 is 2.10 bits per heavy atom. The lowest BCUT2D eigenvalue weighted by molar-refractivity contribution is -0.157. The first-order valence-corrected chi connectivity index (χ1v) is 8.07. The minimum atomic E-state index is -3.64. The number of carbonyl (C=O) groups is 1. The molecule has 1 heterocycles. The number of hydrogen-bond donors (Lipinski definition) is 0. The van der Waals surface area contributed by atoms with Crippen LogP contribution in [0.5, 0.6) is 0 Å². The van der Waals surface area contributed by atoms with Crippen molar-refractivity contribution in [3.05, 3.63) is 29.3 Å². The van der Waals surface area contributed by atoms with Gasteiger partial charge in [-0.05, 0) is 25.5 Å². The molecule has 1 unspecified atom stereocenters. The fraction of sp³-hybridized carbons (Fsp3) is 0.500. The van der Waals surface area contributed by atoms with E-state index in [-0.39, 0.29) is 24.6 Å². The Bertz CT molecular complexity index is 641. The second kappa shape index (κ2) is 6.13. The molecule has 0 aromatic heterocycles. The molecule has 0 saturated carbocycles. The van der Waals surface area contributed by atoms with Gasteiger partial charge in [0.1, 0.15) is 0 Å². The summed E-state index contributed by atoms with van der Waals surface area (Å²) in [5.41, 5.74) is 1.69. The molecule has 1 saturated heterocycles. The van der Waals surface area contributed by atoms with E-state index >= 15 is 0 Å². The fourth-order valence-electron chi connectivity index (χ4n) is 2.35. The van der Waals surface area contributed by atoms with Crippen LogP contribution in [-0.4, -0.2) is 51.6 Å². The van der Waals surface area contributed by atoms with Crippen molar-refractivity contribution in [2.24, 2.45) is 0 Å². The molecule has 0 N–H and O–H groups in total. The molecule has 0 aliphatic carbocycles. The smallest absolute Gasteiger partial charge is 0.336 e. The van der Waals surface area contributed by atoms with Crippen LogP contribution < -0.4 is 0 Å². The number of ether oxygens (including phenoxy) is 2. The van der Waals surface area contributed by atoms with Crippen molar-refractivity contribution in [1.82, 2.24) is 4.31 Å². The van der Waals surface area contributed by atoms with Crippen molar-refractivity contribution < 1.29 is 22.7 Å². The number of morpholine rings is 1. The Morgan fingerprint density at radius 1 is 1.38 bits per heavy atom. The molecule has 1 aromatic carbocycles. The minimum Gasteiger partial charge on any atom is -0.467 e. The van der Waals surface area contributed by atoms with Gasteiger partial charge in [-0.15, -0.1) is 0 Å². The van der Waals surface area contributed by atoms with Gasteiger partial charge in [0, 0.05) is 6.54 Å². The second-order valence-electron chi connectivity index (χ2n) is 5.01. The van der Waals surface area contributed by atoms with E-state index in [0.29, 0.717) is 5.56 Å². The van der Waals surface area contributed by atoms with Crippen molar-refractivity contribution in [1.29, 1.82) is 0 Å². The van der Waals surface area contributed by atoms with Gasteiger partial charge in [0.05, 0.1) is 25.2 Å². The maximum Gasteiger partial charge on any atom is 0.336 e. The summed E-state index contributed by atoms with van der Waals surface area (Å²) in [7, 11) is -2.39. The lowest BCUT2D eigenvalue weighted by atomic mass is 10.2. The highest BCUT2D eigenvalue weighted by atomic mass is 32.2. The minimum absolute atomic E-state index is 0.0255. The lowest BCUT2D eigenvalue weighted by Gasteiger charge is -2.31. The van der Waals surface area contributed by atoms with Crippen molar-refractivity contribution in [2.75, 3.05) is 26.8 Å². The fourth-order valence-corrected chi connectivity index (χ4v) is 3.98. The summed E-state index contributed by atoms with van der Waals surface area (Å²) < 4.78 is 36.5. The molecule has 0 bridgehead atoms. The van der Waals surface area contributed by atoms with Crippen LogP contribution in [0.3, 0.4) is 0 Å². The van der Waals surface area contributed by atoms with Crippen LogP contribution in [-0.2, 0) is 24.3 Å². The summed E-state index contributed by atoms with van der Waals surface area (Å²) in [4.78, 5) is 11.8. The molecule has 2 rings (SSSR count). The number of methoxy groups -OCH3 is 1. The van der Waals surface area contributed by atoms with Crippen LogP contribution in [0.4, 0.5) is 0 Å². The number of carbonyl (C=O) groups excluding carboxylic acids is 1. The lowest BCUT2D eigenvalue weighted by Crippen LogP contribution is -2.48. The molecule has 1 aromatic rings. The average Bonchev–Trinajstić information content (AvgIpc) is 2.46. The van der Waals surface area contributed by atoms with Crippen LogP contribution in [0.25, 0.3) is 0 Å². The molecule has 0 amide bonds. The summed E-state index contributed by atoms with van der Waals surface area (Å²) in [5, 5.41) is 0. The van der Waals surface area contributed by atoms with E-state index in [1.807, 2.05) is 13.0 Å². The zero-order valence-corrected chi connectivity index (χ0v) is 13.1. The molecule has 1 aliphatic heterocycles. The zero-order chi connectivity index (χ0) is 15.6. The number of benzene rings is 1. The molecule has 1 atom stereocenters. The van der Waals surface area contributed by atoms with E-state index in [1.54, 1.807) is 19.1 Å². The van der Waals surface area contributed by atoms with E-state index in [0.717, 1.165) is 5.56 Å². The quantitative estimate of drug-likeness (QED) is 0.774. The Balaban J connectivity index is 2.28. The summed E-state index contributed by atoms with van der Waals surface area (Å²) in [6, 6.07) is 5.19. The van der Waals surface area contributed by atoms with Crippen LogP contribution in [0.2, 0.25) is 0 Å². The number of sulfonamides is 1. The Labute approximate surface area is 124 Å². The van der Waals surface area contributed by atoms with E-state index in [9.17, 15) is 13.2 Å². The van der Waals surface area contributed by atoms with E-state index in [2.05, 4.69) is 4.74 Å². The van der Waals surface area contributed by atoms with Crippen LogP contribution in [0.15, 0.2) is 23.1 Å². The number of aryl methyl sites for hydroxylation is 2. The topological polar surface area (TPSA) is 72.9 Å². The molecule has 6 nitrogen and oxygen atoms in total. The van der Waals surface area contributed by atoms with E-state index in [4.69, 9.17) is 4.74 Å². The predicted octanol–water partition coefficient (Wildman–Crippen LogP) is 0.866.